The van der Waals surface area contributed by atoms with Gasteiger partial charge in [0, 0.05) is 63.1 Å². The van der Waals surface area contributed by atoms with Gasteiger partial charge in [0.1, 0.15) is 17.3 Å². The summed E-state index contributed by atoms with van der Waals surface area (Å²) in [4.78, 5) is 34.2. The number of nitrogens with zero attached hydrogens (tertiary/aromatic N) is 5. The number of non-ortho nitro benzene ring substituents is 1. The van der Waals surface area contributed by atoms with Crippen molar-refractivity contribution in [3.63, 3.8) is 0 Å². The second-order valence-electron chi connectivity index (χ2n) is 9.24. The standard InChI is InChI=1S/C28H29N5O5/c1-37-23-14-22(15-24(17-23)38-2)32-27(29-26-9-8-21(33(35)36)16-25(26)28(32)34)19-31-12-10-30(11-13-31)18-20-6-4-3-5-7-20/h3-9,14-17H,10-13,18-19H2,1-2H3. The van der Waals surface area contributed by atoms with E-state index in [1.807, 2.05) is 6.07 Å². The first kappa shape index (κ1) is 25.4. The number of nitro benzene ring substituents is 1. The van der Waals surface area contributed by atoms with E-state index in [1.54, 1.807) is 32.4 Å². The van der Waals surface area contributed by atoms with Gasteiger partial charge in [0.25, 0.3) is 11.2 Å². The van der Waals surface area contributed by atoms with Crippen LogP contribution in [0.4, 0.5) is 5.69 Å². The Morgan fingerprint density at radius 3 is 2.11 bits per heavy atom. The van der Waals surface area contributed by atoms with E-state index in [0.717, 1.165) is 32.7 Å². The van der Waals surface area contributed by atoms with Crippen LogP contribution in [0.15, 0.2) is 71.5 Å². The molecule has 196 valence electrons. The number of hydrogen-bond donors (Lipinski definition) is 0. The molecule has 4 aromatic rings. The van der Waals surface area contributed by atoms with Gasteiger partial charge in [-0.2, -0.15) is 0 Å². The Balaban J connectivity index is 1.50. The van der Waals surface area contributed by atoms with Crippen molar-refractivity contribution in [1.29, 1.82) is 0 Å². The lowest BCUT2D eigenvalue weighted by Crippen LogP contribution is -2.46. The van der Waals surface area contributed by atoms with Crippen LogP contribution in [-0.2, 0) is 13.1 Å². The normalized spacial score (nSPS) is 14.5. The fraction of sp³-hybridized carbons (Fsp3) is 0.286. The highest BCUT2D eigenvalue weighted by Crippen LogP contribution is 2.26. The Labute approximate surface area is 219 Å². The van der Waals surface area contributed by atoms with Crippen LogP contribution in [0.1, 0.15) is 11.4 Å². The molecule has 1 saturated heterocycles. The minimum Gasteiger partial charge on any atom is -0.497 e. The molecule has 3 aromatic carbocycles. The molecule has 0 atom stereocenters. The van der Waals surface area contributed by atoms with Crippen LogP contribution in [-0.4, -0.2) is 64.7 Å². The van der Waals surface area contributed by atoms with Crippen molar-refractivity contribution in [3.8, 4) is 17.2 Å². The van der Waals surface area contributed by atoms with Gasteiger partial charge in [0.05, 0.1) is 42.3 Å². The molecule has 1 aliphatic rings. The summed E-state index contributed by atoms with van der Waals surface area (Å²) in [5.74, 6) is 1.58. The zero-order valence-electron chi connectivity index (χ0n) is 21.4. The summed E-state index contributed by atoms with van der Waals surface area (Å²) in [6.45, 7) is 4.78. The zero-order valence-corrected chi connectivity index (χ0v) is 21.4. The lowest BCUT2D eigenvalue weighted by molar-refractivity contribution is -0.384. The number of fused-ring (bicyclic) bond motifs is 1. The third-order valence-corrected chi connectivity index (χ3v) is 6.81. The van der Waals surface area contributed by atoms with Crippen molar-refractivity contribution < 1.29 is 14.4 Å². The maximum atomic E-state index is 13.8. The molecule has 0 aliphatic carbocycles. The summed E-state index contributed by atoms with van der Waals surface area (Å²) >= 11 is 0. The molecular formula is C28H29N5O5. The monoisotopic (exact) mass is 515 g/mol. The van der Waals surface area contributed by atoms with Crippen LogP contribution in [0.25, 0.3) is 16.6 Å². The lowest BCUT2D eigenvalue weighted by atomic mass is 10.2. The second kappa shape index (κ2) is 11.0. The molecule has 1 aromatic heterocycles. The van der Waals surface area contributed by atoms with Crippen molar-refractivity contribution in [1.82, 2.24) is 19.4 Å². The highest BCUT2D eigenvalue weighted by atomic mass is 16.6. The van der Waals surface area contributed by atoms with Crippen molar-refractivity contribution >= 4 is 16.6 Å². The molecule has 38 heavy (non-hydrogen) atoms. The number of piperazine rings is 1. The maximum absolute atomic E-state index is 13.8. The number of hydrogen-bond acceptors (Lipinski definition) is 8. The van der Waals surface area contributed by atoms with Crippen LogP contribution < -0.4 is 15.0 Å². The predicted octanol–water partition coefficient (Wildman–Crippen LogP) is 3.63. The van der Waals surface area contributed by atoms with E-state index in [0.29, 0.717) is 35.1 Å². The van der Waals surface area contributed by atoms with Gasteiger partial charge in [-0.25, -0.2) is 4.98 Å². The van der Waals surface area contributed by atoms with Gasteiger partial charge in [-0.3, -0.25) is 29.3 Å². The maximum Gasteiger partial charge on any atom is 0.270 e. The molecule has 10 heteroatoms. The first-order valence-electron chi connectivity index (χ1n) is 12.4. The first-order valence-corrected chi connectivity index (χ1v) is 12.4. The van der Waals surface area contributed by atoms with E-state index in [-0.39, 0.29) is 16.6 Å². The van der Waals surface area contributed by atoms with Gasteiger partial charge in [0.15, 0.2) is 0 Å². The van der Waals surface area contributed by atoms with E-state index < -0.39 is 4.92 Å². The number of methoxy groups -OCH3 is 2. The molecule has 0 saturated carbocycles. The van der Waals surface area contributed by atoms with Crippen LogP contribution in [0.5, 0.6) is 11.5 Å². The fourth-order valence-corrected chi connectivity index (χ4v) is 4.77. The number of nitro groups is 1. The summed E-state index contributed by atoms with van der Waals surface area (Å²) < 4.78 is 12.4. The highest BCUT2D eigenvalue weighted by molar-refractivity contribution is 5.80. The van der Waals surface area contributed by atoms with Gasteiger partial charge in [-0.1, -0.05) is 30.3 Å². The van der Waals surface area contributed by atoms with Crippen LogP contribution in [0.2, 0.25) is 0 Å². The molecule has 0 N–H and O–H groups in total. The zero-order chi connectivity index (χ0) is 26.6. The summed E-state index contributed by atoms with van der Waals surface area (Å²) in [7, 11) is 3.08. The van der Waals surface area contributed by atoms with E-state index in [4.69, 9.17) is 14.5 Å². The van der Waals surface area contributed by atoms with E-state index >= 15 is 0 Å². The molecule has 0 unspecified atom stereocenters. The van der Waals surface area contributed by atoms with Crippen LogP contribution in [0, 0.1) is 10.1 Å². The lowest BCUT2D eigenvalue weighted by Gasteiger charge is -2.34. The fourth-order valence-electron chi connectivity index (χ4n) is 4.77. The Hall–Kier alpha value is -4.28. The quantitative estimate of drug-likeness (QED) is 0.259. The molecule has 0 bridgehead atoms. The smallest absolute Gasteiger partial charge is 0.270 e. The largest absolute Gasteiger partial charge is 0.497 e. The number of aromatic nitrogens is 2. The minimum absolute atomic E-state index is 0.159. The highest BCUT2D eigenvalue weighted by Gasteiger charge is 2.22. The van der Waals surface area contributed by atoms with Gasteiger partial charge in [0.2, 0.25) is 0 Å². The van der Waals surface area contributed by atoms with Gasteiger partial charge >= 0.3 is 0 Å². The average Bonchev–Trinajstić information content (AvgIpc) is 2.94. The summed E-state index contributed by atoms with van der Waals surface area (Å²) in [6, 6.07) is 19.8. The molecule has 0 radical (unpaired) electrons. The number of ether oxygens (including phenoxy) is 2. The summed E-state index contributed by atoms with van der Waals surface area (Å²) in [5, 5.41) is 11.6. The topological polar surface area (TPSA) is 103 Å². The van der Waals surface area contributed by atoms with Gasteiger partial charge in [-0.15, -0.1) is 0 Å². The summed E-state index contributed by atoms with van der Waals surface area (Å²) in [6.07, 6.45) is 0. The molecule has 1 fully saturated rings. The van der Waals surface area contributed by atoms with Crippen molar-refractivity contribution in [2.75, 3.05) is 40.4 Å². The second-order valence-corrected chi connectivity index (χ2v) is 9.24. The number of benzene rings is 3. The van der Waals surface area contributed by atoms with Gasteiger partial charge < -0.3 is 9.47 Å². The third-order valence-electron chi connectivity index (χ3n) is 6.81. The van der Waals surface area contributed by atoms with Crippen LogP contribution in [0.3, 0.4) is 0 Å². The van der Waals surface area contributed by atoms with E-state index in [1.165, 1.54) is 28.3 Å². The Morgan fingerprint density at radius 1 is 0.868 bits per heavy atom. The Morgan fingerprint density at radius 2 is 1.50 bits per heavy atom. The molecule has 2 heterocycles. The van der Waals surface area contributed by atoms with Crippen molar-refractivity contribution in [3.05, 3.63) is 98.6 Å². The van der Waals surface area contributed by atoms with Crippen molar-refractivity contribution in [2.45, 2.75) is 13.1 Å². The van der Waals surface area contributed by atoms with E-state index in [9.17, 15) is 14.9 Å². The SMILES string of the molecule is COc1cc(OC)cc(-n2c(CN3CCN(Cc4ccccc4)CC3)nc3ccc([N+](=O)[O-])cc3c2=O)c1. The minimum atomic E-state index is -0.513. The molecule has 5 rings (SSSR count). The Kier molecular flexibility index (Phi) is 7.34. The number of rotatable bonds is 8. The average molecular weight is 516 g/mol. The van der Waals surface area contributed by atoms with Crippen molar-refractivity contribution in [2.24, 2.45) is 0 Å². The predicted molar refractivity (Wildman–Crippen MR) is 144 cm³/mol. The molecule has 0 spiro atoms. The summed E-state index contributed by atoms with van der Waals surface area (Å²) in [5.41, 5.74) is 1.68. The Bertz CT molecular complexity index is 1490. The third kappa shape index (κ3) is 5.36. The first-order chi connectivity index (χ1) is 18.4. The molecule has 10 nitrogen and oxygen atoms in total. The molecule has 0 amide bonds. The van der Waals surface area contributed by atoms with Gasteiger partial charge in [-0.05, 0) is 11.6 Å². The van der Waals surface area contributed by atoms with Crippen LogP contribution >= 0.6 is 0 Å². The molecule has 1 aliphatic heterocycles. The van der Waals surface area contributed by atoms with E-state index in [2.05, 4.69) is 34.1 Å². The molecular weight excluding hydrogens is 486 g/mol.